The van der Waals surface area contributed by atoms with Gasteiger partial charge in [-0.25, -0.2) is 0 Å². The minimum atomic E-state index is 0.885. The Morgan fingerprint density at radius 3 is 2.38 bits per heavy atom. The third-order valence-electron chi connectivity index (χ3n) is 1.53. The highest BCUT2D eigenvalue weighted by molar-refractivity contribution is 7.13. The molecule has 0 bridgehead atoms. The molecule has 0 saturated heterocycles. The fraction of sp³-hybridized carbons (Fsp3) is 0. The van der Waals surface area contributed by atoms with Crippen LogP contribution in [0, 0.1) is 0 Å². The molecule has 0 spiro atoms. The maximum Gasteiger partial charge on any atom is 0.138 e. The average Bonchev–Trinajstić information content (AvgIpc) is 2.69. The van der Waals surface area contributed by atoms with Crippen LogP contribution in [0.4, 0.5) is 10.7 Å². The van der Waals surface area contributed by atoms with Crippen molar-refractivity contribution in [3.8, 4) is 0 Å². The Balaban J connectivity index is 2.15. The lowest BCUT2D eigenvalue weighted by Gasteiger charge is -1.87. The number of azo groups is 1. The number of thiophene rings is 1. The van der Waals surface area contributed by atoms with Crippen LogP contribution in [0.1, 0.15) is 0 Å². The first-order valence-electron chi connectivity index (χ1n) is 3.95. The SMILES string of the molecule is c1ccc(N=Nc2cccs2)cc1. The molecular formula is C10H8N2S. The highest BCUT2D eigenvalue weighted by Gasteiger charge is 1.88. The van der Waals surface area contributed by atoms with Gasteiger partial charge < -0.3 is 0 Å². The van der Waals surface area contributed by atoms with Crippen LogP contribution in [0.15, 0.2) is 58.1 Å². The van der Waals surface area contributed by atoms with Gasteiger partial charge in [-0.1, -0.05) is 18.2 Å². The van der Waals surface area contributed by atoms with E-state index in [2.05, 4.69) is 10.2 Å². The summed E-state index contributed by atoms with van der Waals surface area (Å²) in [5.41, 5.74) is 0.885. The summed E-state index contributed by atoms with van der Waals surface area (Å²) in [4.78, 5) is 0. The molecule has 1 aromatic carbocycles. The zero-order valence-electron chi connectivity index (χ0n) is 6.92. The average molecular weight is 188 g/mol. The second-order valence-electron chi connectivity index (χ2n) is 2.49. The van der Waals surface area contributed by atoms with Gasteiger partial charge in [-0.2, -0.15) is 0 Å². The first-order chi connectivity index (χ1) is 6.45. The van der Waals surface area contributed by atoms with Gasteiger partial charge in [-0.05, 0) is 29.6 Å². The molecule has 1 heterocycles. The molecule has 0 saturated carbocycles. The summed E-state index contributed by atoms with van der Waals surface area (Å²) in [7, 11) is 0. The van der Waals surface area contributed by atoms with E-state index in [1.165, 1.54) is 0 Å². The lowest BCUT2D eigenvalue weighted by atomic mass is 10.3. The Labute approximate surface area is 80.6 Å². The molecule has 2 rings (SSSR count). The van der Waals surface area contributed by atoms with Gasteiger partial charge >= 0.3 is 0 Å². The van der Waals surface area contributed by atoms with Crippen molar-refractivity contribution in [1.29, 1.82) is 0 Å². The standard InChI is InChI=1S/C10H8N2S/c1-2-5-9(6-3-1)11-12-10-7-4-8-13-10/h1-8H. The van der Waals surface area contributed by atoms with Crippen LogP contribution in [-0.4, -0.2) is 0 Å². The molecule has 1 aromatic heterocycles. The topological polar surface area (TPSA) is 24.7 Å². The minimum Gasteiger partial charge on any atom is -0.150 e. The van der Waals surface area contributed by atoms with E-state index in [4.69, 9.17) is 0 Å². The Morgan fingerprint density at radius 1 is 0.846 bits per heavy atom. The lowest BCUT2D eigenvalue weighted by molar-refractivity contribution is 1.25. The summed E-state index contributed by atoms with van der Waals surface area (Å²) in [6, 6.07) is 13.6. The van der Waals surface area contributed by atoms with Crippen LogP contribution in [-0.2, 0) is 0 Å². The summed E-state index contributed by atoms with van der Waals surface area (Å²) in [5.74, 6) is 0. The maximum absolute atomic E-state index is 4.08. The summed E-state index contributed by atoms with van der Waals surface area (Å²) >= 11 is 1.58. The fourth-order valence-corrected chi connectivity index (χ4v) is 1.47. The van der Waals surface area contributed by atoms with Crippen LogP contribution in [0.5, 0.6) is 0 Å². The van der Waals surface area contributed by atoms with E-state index in [1.54, 1.807) is 11.3 Å². The zero-order chi connectivity index (χ0) is 8.93. The molecule has 2 aromatic rings. The largest absolute Gasteiger partial charge is 0.150 e. The number of nitrogens with zero attached hydrogens (tertiary/aromatic N) is 2. The van der Waals surface area contributed by atoms with Crippen molar-refractivity contribution in [1.82, 2.24) is 0 Å². The van der Waals surface area contributed by atoms with Gasteiger partial charge in [0.25, 0.3) is 0 Å². The van der Waals surface area contributed by atoms with Gasteiger partial charge in [-0.3, -0.25) is 0 Å². The van der Waals surface area contributed by atoms with E-state index in [0.29, 0.717) is 0 Å². The predicted molar refractivity (Wildman–Crippen MR) is 54.9 cm³/mol. The fourth-order valence-electron chi connectivity index (χ4n) is 0.928. The third-order valence-corrected chi connectivity index (χ3v) is 2.28. The Morgan fingerprint density at radius 2 is 1.69 bits per heavy atom. The molecule has 0 atom stereocenters. The van der Waals surface area contributed by atoms with Crippen molar-refractivity contribution in [3.63, 3.8) is 0 Å². The van der Waals surface area contributed by atoms with Crippen molar-refractivity contribution in [2.75, 3.05) is 0 Å². The van der Waals surface area contributed by atoms with Crippen molar-refractivity contribution in [2.45, 2.75) is 0 Å². The first kappa shape index (κ1) is 8.13. The van der Waals surface area contributed by atoms with Crippen molar-refractivity contribution in [2.24, 2.45) is 10.2 Å². The molecule has 0 N–H and O–H groups in total. The maximum atomic E-state index is 4.08. The molecule has 0 aliphatic rings. The summed E-state index contributed by atoms with van der Waals surface area (Å²) in [5, 5.41) is 11.1. The number of rotatable bonds is 2. The smallest absolute Gasteiger partial charge is 0.138 e. The second kappa shape index (κ2) is 3.96. The highest BCUT2D eigenvalue weighted by atomic mass is 32.1. The lowest BCUT2D eigenvalue weighted by Crippen LogP contribution is -1.59. The summed E-state index contributed by atoms with van der Waals surface area (Å²) < 4.78 is 0. The number of benzene rings is 1. The molecule has 0 aliphatic heterocycles. The van der Waals surface area contributed by atoms with Crippen LogP contribution < -0.4 is 0 Å². The van der Waals surface area contributed by atoms with Crippen molar-refractivity contribution in [3.05, 3.63) is 47.8 Å². The van der Waals surface area contributed by atoms with Crippen LogP contribution in [0.25, 0.3) is 0 Å². The molecule has 3 heteroatoms. The van der Waals surface area contributed by atoms with E-state index in [9.17, 15) is 0 Å². The molecular weight excluding hydrogens is 180 g/mol. The Bertz CT molecular complexity index is 379. The monoisotopic (exact) mass is 188 g/mol. The zero-order valence-corrected chi connectivity index (χ0v) is 7.74. The van der Waals surface area contributed by atoms with Gasteiger partial charge in [0.05, 0.1) is 5.69 Å². The second-order valence-corrected chi connectivity index (χ2v) is 3.41. The first-order valence-corrected chi connectivity index (χ1v) is 4.83. The van der Waals surface area contributed by atoms with Crippen LogP contribution >= 0.6 is 11.3 Å². The van der Waals surface area contributed by atoms with Gasteiger partial charge in [-0.15, -0.1) is 21.6 Å². The number of hydrogen-bond acceptors (Lipinski definition) is 3. The molecule has 0 radical (unpaired) electrons. The normalized spacial score (nSPS) is 10.8. The van der Waals surface area contributed by atoms with Gasteiger partial charge in [0.15, 0.2) is 0 Å². The molecule has 13 heavy (non-hydrogen) atoms. The highest BCUT2D eigenvalue weighted by Crippen LogP contribution is 2.22. The van der Waals surface area contributed by atoms with Crippen molar-refractivity contribution >= 4 is 22.0 Å². The third kappa shape index (κ3) is 2.23. The molecule has 0 amide bonds. The van der Waals surface area contributed by atoms with Crippen LogP contribution in [0.3, 0.4) is 0 Å². The van der Waals surface area contributed by atoms with E-state index >= 15 is 0 Å². The molecule has 0 unspecified atom stereocenters. The Kier molecular flexibility index (Phi) is 2.48. The van der Waals surface area contributed by atoms with Gasteiger partial charge in [0.1, 0.15) is 5.00 Å². The summed E-state index contributed by atoms with van der Waals surface area (Å²) in [6.45, 7) is 0. The van der Waals surface area contributed by atoms with Crippen LogP contribution in [0.2, 0.25) is 0 Å². The van der Waals surface area contributed by atoms with E-state index in [-0.39, 0.29) is 0 Å². The van der Waals surface area contributed by atoms with Gasteiger partial charge in [0, 0.05) is 0 Å². The molecule has 0 fully saturated rings. The van der Waals surface area contributed by atoms with Crippen molar-refractivity contribution < 1.29 is 0 Å². The van der Waals surface area contributed by atoms with E-state index in [0.717, 1.165) is 10.7 Å². The van der Waals surface area contributed by atoms with E-state index in [1.807, 2.05) is 47.8 Å². The quantitative estimate of drug-likeness (QED) is 0.632. The van der Waals surface area contributed by atoms with Gasteiger partial charge in [0.2, 0.25) is 0 Å². The molecule has 64 valence electrons. The predicted octanol–water partition coefficient (Wildman–Crippen LogP) is 4.16. The Hall–Kier alpha value is -1.48. The molecule has 2 nitrogen and oxygen atoms in total. The minimum absolute atomic E-state index is 0.885. The number of hydrogen-bond donors (Lipinski definition) is 0. The molecule has 0 aliphatic carbocycles. The summed E-state index contributed by atoms with van der Waals surface area (Å²) in [6.07, 6.45) is 0. The van der Waals surface area contributed by atoms with E-state index < -0.39 is 0 Å².